The van der Waals surface area contributed by atoms with E-state index >= 15 is 0 Å². The number of hydrogen-bond acceptors (Lipinski definition) is 4. The molecule has 0 spiro atoms. The molecule has 0 bridgehead atoms. The van der Waals surface area contributed by atoms with Crippen molar-refractivity contribution < 1.29 is 24.5 Å². The Labute approximate surface area is 385 Å². The molecule has 0 fully saturated rings. The summed E-state index contributed by atoms with van der Waals surface area (Å²) in [5.41, 5.74) is 15.0. The minimum atomic E-state index is -1.52. The van der Waals surface area contributed by atoms with Crippen LogP contribution >= 0.6 is 0 Å². The van der Waals surface area contributed by atoms with Gasteiger partial charge in [-0.25, -0.2) is 0 Å². The molecular formula is C56H50IrN4OSi-2. The quantitative estimate of drug-likeness (QED) is 0.112. The number of fused-ring (bicyclic) bond motifs is 4. The number of hydrogen-bond donors (Lipinski definition) is 0. The minimum absolute atomic E-state index is 0. The number of imidazole rings is 1. The van der Waals surface area contributed by atoms with Crippen LogP contribution in [0.4, 0.5) is 0 Å². The summed E-state index contributed by atoms with van der Waals surface area (Å²) in [6, 6.07) is 59.3. The van der Waals surface area contributed by atoms with Crippen LogP contribution in [0.25, 0.3) is 83.6 Å². The first kappa shape index (κ1) is 43.4. The van der Waals surface area contributed by atoms with E-state index in [-0.39, 0.29) is 20.1 Å². The smallest absolute Gasteiger partial charge is 0.128 e. The second-order valence-corrected chi connectivity index (χ2v) is 22.5. The van der Waals surface area contributed by atoms with E-state index in [2.05, 4.69) is 185 Å². The van der Waals surface area contributed by atoms with Crippen LogP contribution in [0.5, 0.6) is 0 Å². The van der Waals surface area contributed by atoms with Crippen molar-refractivity contribution in [2.24, 2.45) is 0 Å². The fraction of sp³-hybridized carbons (Fsp3) is 0.161. The van der Waals surface area contributed by atoms with Gasteiger partial charge in [-0.2, -0.15) is 0 Å². The third-order valence-corrected chi connectivity index (χ3v) is 13.3. The molecule has 7 heteroatoms. The second-order valence-electron chi connectivity index (χ2n) is 17.5. The number of rotatable bonds is 8. The van der Waals surface area contributed by atoms with Gasteiger partial charge >= 0.3 is 0 Å². The number of para-hydroxylation sites is 4. The summed E-state index contributed by atoms with van der Waals surface area (Å²) in [6.45, 7) is 15.9. The molecule has 0 aliphatic rings. The van der Waals surface area contributed by atoms with Gasteiger partial charge in [0.2, 0.25) is 0 Å². The Hall–Kier alpha value is -6.24. The Kier molecular flexibility index (Phi) is 12.6. The third kappa shape index (κ3) is 8.62. The zero-order chi connectivity index (χ0) is 43.0. The molecule has 0 N–H and O–H groups in total. The van der Waals surface area contributed by atoms with E-state index in [0.29, 0.717) is 11.8 Å². The standard InChI is InChI=1S/C31H25N2OSi.C25H25N2.Ir/c1-35(2,3)29-20-32-28(19-33-29)27-14-8-13-26-25-12-7-11-24(30(25)34-31(26)27)23-17-15-22(16-18-23)21-9-5-4-6-10-21;1-17(2)20-13-10-14-21(18(3)4)24(20)27-23-16-9-8-15-22(23)26-25(27)19-11-6-5-7-12-19;/h4-13,15-20H,1-3H3;5-11,13-18H,1-4H3;/q2*-1;. The zero-order valence-corrected chi connectivity index (χ0v) is 40.2. The minimum Gasteiger partial charge on any atom is -0.500 e. The number of benzene rings is 7. The Morgan fingerprint density at radius 2 is 1.22 bits per heavy atom. The largest absolute Gasteiger partial charge is 0.500 e. The molecule has 0 aliphatic heterocycles. The van der Waals surface area contributed by atoms with E-state index in [1.54, 1.807) is 0 Å². The van der Waals surface area contributed by atoms with Crippen molar-refractivity contribution in [2.75, 3.05) is 0 Å². The topological polar surface area (TPSA) is 56.7 Å². The van der Waals surface area contributed by atoms with Crippen molar-refractivity contribution in [2.45, 2.75) is 59.2 Å². The van der Waals surface area contributed by atoms with Crippen molar-refractivity contribution >= 4 is 46.4 Å². The van der Waals surface area contributed by atoms with Crippen LogP contribution in [-0.4, -0.2) is 27.6 Å². The summed E-state index contributed by atoms with van der Waals surface area (Å²) in [6.07, 6.45) is 3.77. The predicted molar refractivity (Wildman–Crippen MR) is 261 cm³/mol. The first-order valence-electron chi connectivity index (χ1n) is 21.5. The Morgan fingerprint density at radius 1 is 0.571 bits per heavy atom. The predicted octanol–water partition coefficient (Wildman–Crippen LogP) is 14.5. The van der Waals surface area contributed by atoms with E-state index < -0.39 is 8.07 Å². The molecule has 0 atom stereocenters. The monoisotopic (exact) mass is 1020 g/mol. The molecule has 10 aromatic rings. The molecule has 0 aliphatic carbocycles. The van der Waals surface area contributed by atoms with Gasteiger partial charge in [0.25, 0.3) is 0 Å². The van der Waals surface area contributed by atoms with Crippen LogP contribution in [0.2, 0.25) is 19.6 Å². The molecule has 0 saturated heterocycles. The van der Waals surface area contributed by atoms with Gasteiger partial charge in [0.05, 0.1) is 22.4 Å². The van der Waals surface area contributed by atoms with E-state index in [4.69, 9.17) is 19.4 Å². The van der Waals surface area contributed by atoms with E-state index in [0.717, 1.165) is 72.1 Å². The maximum atomic E-state index is 6.55. The average molecular weight is 1020 g/mol. The molecule has 1 radical (unpaired) electrons. The van der Waals surface area contributed by atoms with Crippen molar-refractivity contribution in [3.63, 3.8) is 0 Å². The first-order chi connectivity index (χ1) is 30.1. The summed E-state index contributed by atoms with van der Waals surface area (Å²) >= 11 is 0. The van der Waals surface area contributed by atoms with Crippen molar-refractivity contribution in [1.82, 2.24) is 19.5 Å². The van der Waals surface area contributed by atoms with Crippen LogP contribution in [0.15, 0.2) is 168 Å². The molecule has 315 valence electrons. The van der Waals surface area contributed by atoms with Gasteiger partial charge in [-0.3, -0.25) is 9.97 Å². The number of aromatic nitrogens is 4. The third-order valence-electron chi connectivity index (χ3n) is 11.5. The van der Waals surface area contributed by atoms with Gasteiger partial charge < -0.3 is 14.0 Å². The average Bonchev–Trinajstić information content (AvgIpc) is 3.89. The number of furan rings is 1. The Balaban J connectivity index is 0.000000176. The van der Waals surface area contributed by atoms with Gasteiger partial charge in [-0.05, 0) is 51.8 Å². The molecule has 3 aromatic heterocycles. The van der Waals surface area contributed by atoms with E-state index in [9.17, 15) is 0 Å². The fourth-order valence-electron chi connectivity index (χ4n) is 8.23. The van der Waals surface area contributed by atoms with Crippen molar-refractivity contribution in [3.8, 4) is 50.6 Å². The van der Waals surface area contributed by atoms with Gasteiger partial charge in [0.15, 0.2) is 0 Å². The summed E-state index contributed by atoms with van der Waals surface area (Å²) in [4.78, 5) is 14.5. The van der Waals surface area contributed by atoms with Crippen LogP contribution in [0, 0.1) is 12.1 Å². The summed E-state index contributed by atoms with van der Waals surface area (Å²) in [5.74, 6) is 1.80. The second kappa shape index (κ2) is 18.2. The van der Waals surface area contributed by atoms with E-state index in [1.807, 2.05) is 42.7 Å². The SMILES string of the molecule is CC(C)c1cccc(C(C)C)c1-n1c(-c2[c-]cccc2)nc2ccccc21.C[Si](C)(C)c1cnc(-c2[c-]ccc3c2oc2c(-c4ccc(-c5ccccc5)cc4)cccc23)cn1.[Ir]. The van der Waals surface area contributed by atoms with Crippen molar-refractivity contribution in [1.29, 1.82) is 0 Å². The summed E-state index contributed by atoms with van der Waals surface area (Å²) in [7, 11) is -1.52. The molecule has 3 heterocycles. The van der Waals surface area contributed by atoms with Gasteiger partial charge in [0.1, 0.15) is 13.7 Å². The molecule has 7 aromatic carbocycles. The maximum absolute atomic E-state index is 6.55. The van der Waals surface area contributed by atoms with Crippen LogP contribution in [-0.2, 0) is 20.1 Å². The molecule has 63 heavy (non-hydrogen) atoms. The maximum Gasteiger partial charge on any atom is 0.128 e. The summed E-state index contributed by atoms with van der Waals surface area (Å²) < 4.78 is 8.88. The van der Waals surface area contributed by atoms with Gasteiger partial charge in [-0.15, -0.1) is 54.1 Å². The van der Waals surface area contributed by atoms with Crippen LogP contribution in [0.1, 0.15) is 50.7 Å². The molecule has 0 unspecified atom stereocenters. The Morgan fingerprint density at radius 3 is 1.89 bits per heavy atom. The van der Waals surface area contributed by atoms with Gasteiger partial charge in [0, 0.05) is 60.1 Å². The molecule has 0 saturated carbocycles. The van der Waals surface area contributed by atoms with E-state index in [1.165, 1.54) is 27.9 Å². The number of nitrogens with zero attached hydrogens (tertiary/aromatic N) is 4. The molecular weight excluding hydrogens is 965 g/mol. The van der Waals surface area contributed by atoms with Crippen LogP contribution < -0.4 is 5.32 Å². The molecule has 10 rings (SSSR count). The fourth-order valence-corrected chi connectivity index (χ4v) is 9.14. The van der Waals surface area contributed by atoms with Gasteiger partial charge in [-0.1, -0.05) is 161 Å². The van der Waals surface area contributed by atoms with Crippen molar-refractivity contribution in [3.05, 3.63) is 187 Å². The summed E-state index contributed by atoms with van der Waals surface area (Å²) in [5, 5.41) is 3.25. The first-order valence-corrected chi connectivity index (χ1v) is 25.0. The molecule has 0 amide bonds. The Bertz CT molecular complexity index is 3120. The normalized spacial score (nSPS) is 11.6. The zero-order valence-electron chi connectivity index (χ0n) is 36.8. The molecule has 5 nitrogen and oxygen atoms in total. The van der Waals surface area contributed by atoms with Crippen LogP contribution in [0.3, 0.4) is 0 Å².